The highest BCUT2D eigenvalue weighted by Crippen LogP contribution is 2.23. The van der Waals surface area contributed by atoms with Crippen LogP contribution in [0.1, 0.15) is 66.9 Å². The summed E-state index contributed by atoms with van der Waals surface area (Å²) in [6.07, 6.45) is 3.80. The highest BCUT2D eigenvalue weighted by atomic mass is 16.5. The fourth-order valence-corrected chi connectivity index (χ4v) is 4.00. The number of furan rings is 1. The van der Waals surface area contributed by atoms with Gasteiger partial charge in [-0.05, 0) is 37.1 Å². The van der Waals surface area contributed by atoms with E-state index < -0.39 is 23.8 Å². The van der Waals surface area contributed by atoms with Crippen molar-refractivity contribution in [3.8, 4) is 11.3 Å². The van der Waals surface area contributed by atoms with E-state index in [2.05, 4.69) is 10.6 Å². The molecule has 40 heavy (non-hydrogen) atoms. The average Bonchev–Trinajstić information content (AvgIpc) is 3.45. The predicted octanol–water partition coefficient (Wildman–Crippen LogP) is 2.82. The summed E-state index contributed by atoms with van der Waals surface area (Å²) in [6.45, 7) is 3.28. The van der Waals surface area contributed by atoms with Gasteiger partial charge in [-0.15, -0.1) is 0 Å². The number of nitrogens with one attached hydrogen (secondary N) is 2. The normalized spacial score (nSPS) is 12.1. The number of rotatable bonds is 16. The van der Waals surface area contributed by atoms with Crippen LogP contribution in [0.4, 0.5) is 0 Å². The summed E-state index contributed by atoms with van der Waals surface area (Å²) < 4.78 is 10.6. The molecule has 0 radical (unpaired) electrons. The van der Waals surface area contributed by atoms with E-state index in [-0.39, 0.29) is 36.4 Å². The quantitative estimate of drug-likeness (QED) is 0.0708. The minimum atomic E-state index is -0.675. The molecule has 2 rings (SSSR count). The van der Waals surface area contributed by atoms with Gasteiger partial charge in [-0.2, -0.15) is 0 Å². The molecule has 2 atom stereocenters. The van der Waals surface area contributed by atoms with Gasteiger partial charge >= 0.3 is 5.97 Å². The second-order valence-corrected chi connectivity index (χ2v) is 9.39. The van der Waals surface area contributed by atoms with E-state index in [9.17, 15) is 29.2 Å². The second kappa shape index (κ2) is 16.0. The smallest absolute Gasteiger partial charge is 0.338 e. The lowest BCUT2D eigenvalue weighted by molar-refractivity contribution is -0.168. The van der Waals surface area contributed by atoms with E-state index in [0.717, 1.165) is 19.3 Å². The molecule has 0 aliphatic carbocycles. The van der Waals surface area contributed by atoms with Crippen molar-refractivity contribution >= 4 is 30.1 Å². The van der Waals surface area contributed by atoms with Crippen LogP contribution in [0.5, 0.6) is 0 Å². The summed E-state index contributed by atoms with van der Waals surface area (Å²) in [6, 6.07) is 8.70. The molecule has 0 saturated heterocycles. The fourth-order valence-electron chi connectivity index (χ4n) is 4.00. The number of carbonyl (C=O) groups is 5. The zero-order chi connectivity index (χ0) is 29.7. The Morgan fingerprint density at radius 3 is 2.33 bits per heavy atom. The zero-order valence-electron chi connectivity index (χ0n) is 23.3. The number of esters is 1. The molecule has 0 aliphatic heterocycles. The van der Waals surface area contributed by atoms with Crippen LogP contribution >= 0.6 is 0 Å². The molecule has 1 aromatic heterocycles. The Bertz CT molecular complexity index is 1150. The third-order valence-electron chi connectivity index (χ3n) is 6.36. The molecule has 0 saturated carbocycles. The minimum Gasteiger partial charge on any atom is -0.452 e. The van der Waals surface area contributed by atoms with Gasteiger partial charge in [-0.3, -0.25) is 24.4 Å². The van der Waals surface area contributed by atoms with E-state index in [1.165, 1.54) is 23.1 Å². The Labute approximate surface area is 233 Å². The summed E-state index contributed by atoms with van der Waals surface area (Å²) >= 11 is 0. The van der Waals surface area contributed by atoms with E-state index in [4.69, 9.17) is 9.15 Å². The van der Waals surface area contributed by atoms with Gasteiger partial charge in [-0.25, -0.2) is 9.86 Å². The molecule has 12 heteroatoms. The van der Waals surface area contributed by atoms with Crippen LogP contribution in [0, 0.1) is 5.92 Å². The summed E-state index contributed by atoms with van der Waals surface area (Å²) in [4.78, 5) is 61.6. The van der Waals surface area contributed by atoms with Crippen molar-refractivity contribution in [1.82, 2.24) is 20.6 Å². The number of hydroxylamine groups is 2. The summed E-state index contributed by atoms with van der Waals surface area (Å²) in [5.41, 5.74) is 0.865. The molecular formula is C28H38N4O8. The number of amides is 4. The fraction of sp³-hybridized carbons (Fsp3) is 0.464. The second-order valence-electron chi connectivity index (χ2n) is 9.39. The molecule has 1 aromatic carbocycles. The number of benzene rings is 1. The van der Waals surface area contributed by atoms with E-state index in [1.807, 2.05) is 6.92 Å². The molecule has 0 aliphatic rings. The van der Waals surface area contributed by atoms with E-state index in [1.54, 1.807) is 39.2 Å². The summed E-state index contributed by atoms with van der Waals surface area (Å²) in [5, 5.41) is 15.7. The molecule has 4 amide bonds. The maximum Gasteiger partial charge on any atom is 0.338 e. The van der Waals surface area contributed by atoms with Gasteiger partial charge in [0.25, 0.3) is 11.8 Å². The summed E-state index contributed by atoms with van der Waals surface area (Å²) in [7, 11) is 3.13. The molecule has 0 fully saturated rings. The lowest BCUT2D eigenvalue weighted by Gasteiger charge is -2.29. The first-order valence-electron chi connectivity index (χ1n) is 13.2. The van der Waals surface area contributed by atoms with Crippen molar-refractivity contribution < 1.29 is 38.3 Å². The van der Waals surface area contributed by atoms with Crippen molar-refractivity contribution in [3.05, 3.63) is 47.7 Å². The molecule has 1 unspecified atom stereocenters. The third kappa shape index (κ3) is 9.23. The van der Waals surface area contributed by atoms with Gasteiger partial charge in [0.15, 0.2) is 12.4 Å². The van der Waals surface area contributed by atoms with Crippen molar-refractivity contribution in [2.24, 2.45) is 5.92 Å². The van der Waals surface area contributed by atoms with Crippen molar-refractivity contribution in [3.63, 3.8) is 0 Å². The van der Waals surface area contributed by atoms with Gasteiger partial charge in [-0.1, -0.05) is 45.2 Å². The average molecular weight is 559 g/mol. The first-order chi connectivity index (χ1) is 19.1. The number of nitrogens with zero attached hydrogens (tertiary/aromatic N) is 2. The molecule has 1 heterocycles. The molecule has 3 N–H and O–H groups in total. The van der Waals surface area contributed by atoms with Gasteiger partial charge in [0.2, 0.25) is 12.3 Å². The van der Waals surface area contributed by atoms with Crippen molar-refractivity contribution in [2.75, 3.05) is 27.4 Å². The zero-order valence-corrected chi connectivity index (χ0v) is 23.3. The Kier molecular flexibility index (Phi) is 12.8. The first kappa shape index (κ1) is 32.0. The Morgan fingerprint density at radius 2 is 1.73 bits per heavy atom. The highest BCUT2D eigenvalue weighted by molar-refractivity contribution is 5.93. The van der Waals surface area contributed by atoms with Gasteiger partial charge in [0, 0.05) is 19.7 Å². The van der Waals surface area contributed by atoms with E-state index in [0.29, 0.717) is 35.6 Å². The number of unbranched alkanes of at least 4 members (excludes halogenated alkanes) is 2. The first-order valence-corrected chi connectivity index (χ1v) is 13.2. The monoisotopic (exact) mass is 558 g/mol. The molecule has 2 aromatic rings. The van der Waals surface area contributed by atoms with E-state index >= 15 is 0 Å². The van der Waals surface area contributed by atoms with Crippen LogP contribution in [0.25, 0.3) is 11.3 Å². The van der Waals surface area contributed by atoms with Crippen LogP contribution in [0.3, 0.4) is 0 Å². The molecule has 218 valence electrons. The van der Waals surface area contributed by atoms with Gasteiger partial charge in [0.05, 0.1) is 24.2 Å². The Balaban J connectivity index is 1.94. The van der Waals surface area contributed by atoms with Gasteiger partial charge < -0.3 is 24.7 Å². The number of carbonyl (C=O) groups excluding carboxylic acids is 5. The number of hydrogen-bond donors (Lipinski definition) is 3. The lowest BCUT2D eigenvalue weighted by atomic mass is 9.90. The molecular weight excluding hydrogens is 520 g/mol. The number of likely N-dealkylation sites (N-methyl/N-ethyl adjacent to an activating group) is 1. The molecule has 0 bridgehead atoms. The maximum atomic E-state index is 12.9. The van der Waals surface area contributed by atoms with Crippen LogP contribution in [0.15, 0.2) is 40.8 Å². The Morgan fingerprint density at radius 1 is 1.02 bits per heavy atom. The molecule has 12 nitrogen and oxygen atoms in total. The minimum absolute atomic E-state index is 0.0170. The number of ether oxygens (including phenoxy) is 1. The van der Waals surface area contributed by atoms with Gasteiger partial charge in [0.1, 0.15) is 5.76 Å². The highest BCUT2D eigenvalue weighted by Gasteiger charge is 2.30. The maximum absolute atomic E-state index is 12.9. The largest absolute Gasteiger partial charge is 0.452 e. The SMILES string of the molecule is CCCCCC(C(=O)NCNC(=O)c1ccc(-c2ccc(C(=O)OCC(=O)N(C)C)cc2)o1)[C@@H](CC)N(O)C=O. The van der Waals surface area contributed by atoms with Crippen LogP contribution in [-0.4, -0.2) is 78.7 Å². The van der Waals surface area contributed by atoms with Crippen LogP contribution in [-0.2, 0) is 19.1 Å². The van der Waals surface area contributed by atoms with Crippen molar-refractivity contribution in [2.45, 2.75) is 52.0 Å². The topological polar surface area (TPSA) is 158 Å². The standard InChI is InChI=1S/C28H38N4O8/c1-5-7-8-9-21(22(6-2)32(38)18-33)26(35)29-17-30-27(36)24-15-14-23(40-24)19-10-12-20(13-11-19)28(37)39-16-25(34)31(3)4/h10-15,18,21-22,38H,5-9,16-17H2,1-4H3,(H,29,35)(H,30,36)/t21?,22-/m1/s1. The van der Waals surface area contributed by atoms with Crippen LogP contribution < -0.4 is 10.6 Å². The van der Waals surface area contributed by atoms with Crippen molar-refractivity contribution in [1.29, 1.82) is 0 Å². The third-order valence-corrected chi connectivity index (χ3v) is 6.36. The lowest BCUT2D eigenvalue weighted by Crippen LogP contribution is -2.47. The predicted molar refractivity (Wildman–Crippen MR) is 145 cm³/mol. The van der Waals surface area contributed by atoms with Crippen LogP contribution in [0.2, 0.25) is 0 Å². The molecule has 0 spiro atoms. The Hall–Kier alpha value is -4.19. The number of hydrogen-bond acceptors (Lipinski definition) is 8. The summed E-state index contributed by atoms with van der Waals surface area (Å²) in [5.74, 6) is -2.14.